The van der Waals surface area contributed by atoms with Crippen LogP contribution in [0.4, 0.5) is 15.8 Å². The predicted octanol–water partition coefficient (Wildman–Crippen LogP) is 2.68. The van der Waals surface area contributed by atoms with Crippen LogP contribution in [-0.2, 0) is 4.79 Å². The number of carbonyl (C=O) groups is 1. The first-order valence-electron chi connectivity index (χ1n) is 9.70. The molecule has 0 aliphatic carbocycles. The van der Waals surface area contributed by atoms with Crippen molar-refractivity contribution < 1.29 is 14.1 Å². The summed E-state index contributed by atoms with van der Waals surface area (Å²) < 4.78 is 13.1. The van der Waals surface area contributed by atoms with Crippen LogP contribution in [0.3, 0.4) is 0 Å². The van der Waals surface area contributed by atoms with Gasteiger partial charge in [0.05, 0.1) is 26.2 Å². The molecule has 1 aliphatic rings. The first kappa shape index (κ1) is 19.4. The highest BCUT2D eigenvalue weighted by Gasteiger charge is 2.29. The number of nitrogens with one attached hydrogen (secondary N) is 2. The molecule has 2 N–H and O–H groups in total. The van der Waals surface area contributed by atoms with Crippen LogP contribution in [0.15, 0.2) is 48.5 Å². The van der Waals surface area contributed by atoms with Crippen LogP contribution in [0, 0.1) is 5.82 Å². The highest BCUT2D eigenvalue weighted by Crippen LogP contribution is 2.17. The molecule has 0 radical (unpaired) electrons. The maximum Gasteiger partial charge on any atom is 0.282 e. The van der Waals surface area contributed by atoms with E-state index in [9.17, 15) is 9.18 Å². The van der Waals surface area contributed by atoms with Crippen molar-refractivity contribution in [2.24, 2.45) is 0 Å². The van der Waals surface area contributed by atoms with Gasteiger partial charge in [-0.2, -0.15) is 0 Å². The summed E-state index contributed by atoms with van der Waals surface area (Å²) in [4.78, 5) is 16.2. The Bertz CT molecular complexity index is 750. The van der Waals surface area contributed by atoms with Crippen molar-refractivity contribution >= 4 is 17.3 Å². The molecule has 3 rings (SSSR count). The average molecular weight is 370 g/mol. The van der Waals surface area contributed by atoms with E-state index < -0.39 is 0 Å². The van der Waals surface area contributed by atoms with Gasteiger partial charge >= 0.3 is 0 Å². The Balaban J connectivity index is 1.53. The first-order chi connectivity index (χ1) is 12.9. The fourth-order valence-corrected chi connectivity index (χ4v) is 3.52. The lowest BCUT2D eigenvalue weighted by Crippen LogP contribution is -3.19. The minimum atomic E-state index is -0.213. The molecule has 1 fully saturated rings. The first-order valence-corrected chi connectivity index (χ1v) is 9.70. The third kappa shape index (κ3) is 4.86. The molecule has 2 aromatic carbocycles. The topological polar surface area (TPSA) is 36.8 Å². The molecule has 0 spiro atoms. The van der Waals surface area contributed by atoms with E-state index >= 15 is 0 Å². The Hall–Kier alpha value is -2.40. The van der Waals surface area contributed by atoms with Gasteiger partial charge in [-0.25, -0.2) is 4.39 Å². The van der Waals surface area contributed by atoms with Gasteiger partial charge in [0.1, 0.15) is 5.82 Å². The largest absolute Gasteiger partial charge is 0.360 e. The molecule has 1 atom stereocenters. The van der Waals surface area contributed by atoms with E-state index in [0.29, 0.717) is 5.92 Å². The highest BCUT2D eigenvalue weighted by molar-refractivity contribution is 5.93. The van der Waals surface area contributed by atoms with Crippen molar-refractivity contribution in [1.29, 1.82) is 0 Å². The predicted molar refractivity (Wildman–Crippen MR) is 108 cm³/mol. The minimum Gasteiger partial charge on any atom is -0.360 e. The van der Waals surface area contributed by atoms with Gasteiger partial charge in [-0.3, -0.25) is 4.79 Å². The Morgan fingerprint density at radius 3 is 2.15 bits per heavy atom. The van der Waals surface area contributed by atoms with E-state index in [1.165, 1.54) is 22.6 Å². The number of halogens is 1. The molecule has 27 heavy (non-hydrogen) atoms. The highest BCUT2D eigenvalue weighted by atomic mass is 19.1. The molecular formula is C22H29FN3O+. The Morgan fingerprint density at radius 1 is 1.00 bits per heavy atom. The average Bonchev–Trinajstić information content (AvgIpc) is 2.68. The number of quaternary nitrogens is 1. The maximum absolute atomic E-state index is 13.1. The van der Waals surface area contributed by atoms with E-state index in [0.717, 1.165) is 37.6 Å². The van der Waals surface area contributed by atoms with Gasteiger partial charge < -0.3 is 15.1 Å². The SMILES string of the molecule is CC(C)c1ccc(NC(=O)[C@@H](C)[NH+]2CCN(c3ccc(F)cc3)CC2)cc1. The lowest BCUT2D eigenvalue weighted by Gasteiger charge is -2.36. The van der Waals surface area contributed by atoms with E-state index in [-0.39, 0.29) is 17.8 Å². The van der Waals surface area contributed by atoms with Crippen molar-refractivity contribution in [3.63, 3.8) is 0 Å². The molecule has 0 aromatic heterocycles. The van der Waals surface area contributed by atoms with Crippen LogP contribution in [0.2, 0.25) is 0 Å². The molecule has 4 nitrogen and oxygen atoms in total. The standard InChI is InChI=1S/C22H28FN3O/c1-16(2)18-4-8-20(9-5-18)24-22(27)17(3)25-12-14-26(15-13-25)21-10-6-19(23)7-11-21/h4-11,16-17H,12-15H2,1-3H3,(H,24,27)/p+1/t17-/m1/s1. The molecule has 0 bridgehead atoms. The molecule has 1 saturated heterocycles. The number of rotatable bonds is 5. The van der Waals surface area contributed by atoms with Crippen LogP contribution in [-0.4, -0.2) is 38.1 Å². The van der Waals surface area contributed by atoms with Gasteiger partial charge in [0.25, 0.3) is 5.91 Å². The van der Waals surface area contributed by atoms with Crippen LogP contribution in [0.1, 0.15) is 32.3 Å². The van der Waals surface area contributed by atoms with E-state index in [1.807, 2.05) is 31.2 Å². The molecule has 1 heterocycles. The molecule has 2 aromatic rings. The van der Waals surface area contributed by atoms with Gasteiger partial charge in [0, 0.05) is 11.4 Å². The third-order valence-corrected chi connectivity index (χ3v) is 5.45. The summed E-state index contributed by atoms with van der Waals surface area (Å²) in [6.07, 6.45) is 0. The zero-order chi connectivity index (χ0) is 19.4. The monoisotopic (exact) mass is 370 g/mol. The van der Waals surface area contributed by atoms with Crippen LogP contribution in [0.5, 0.6) is 0 Å². The normalized spacial score (nSPS) is 16.4. The quantitative estimate of drug-likeness (QED) is 0.849. The lowest BCUT2D eigenvalue weighted by atomic mass is 10.0. The fourth-order valence-electron chi connectivity index (χ4n) is 3.52. The van der Waals surface area contributed by atoms with Gasteiger partial charge in [0.15, 0.2) is 6.04 Å². The number of benzene rings is 2. The van der Waals surface area contributed by atoms with E-state index in [2.05, 4.69) is 36.2 Å². The summed E-state index contributed by atoms with van der Waals surface area (Å²) in [6, 6.07) is 14.6. The number of anilines is 2. The summed E-state index contributed by atoms with van der Waals surface area (Å²) in [5.41, 5.74) is 3.15. The zero-order valence-electron chi connectivity index (χ0n) is 16.3. The van der Waals surface area contributed by atoms with Crippen molar-refractivity contribution in [2.45, 2.75) is 32.7 Å². The third-order valence-electron chi connectivity index (χ3n) is 5.45. The molecule has 1 amide bonds. The summed E-state index contributed by atoms with van der Waals surface area (Å²) >= 11 is 0. The van der Waals surface area contributed by atoms with Crippen LogP contribution in [0.25, 0.3) is 0 Å². The maximum atomic E-state index is 13.1. The Kier molecular flexibility index (Phi) is 6.11. The molecular weight excluding hydrogens is 341 g/mol. The van der Waals surface area contributed by atoms with Crippen LogP contribution < -0.4 is 15.1 Å². The van der Waals surface area contributed by atoms with E-state index in [1.54, 1.807) is 0 Å². The van der Waals surface area contributed by atoms with Crippen molar-refractivity contribution in [3.8, 4) is 0 Å². The van der Waals surface area contributed by atoms with Crippen molar-refractivity contribution in [1.82, 2.24) is 0 Å². The van der Waals surface area contributed by atoms with Crippen molar-refractivity contribution in [2.75, 3.05) is 36.4 Å². The van der Waals surface area contributed by atoms with Gasteiger partial charge in [-0.05, 0) is 54.8 Å². The molecule has 0 saturated carbocycles. The molecule has 1 aliphatic heterocycles. The summed E-state index contributed by atoms with van der Waals surface area (Å²) in [7, 11) is 0. The lowest BCUT2D eigenvalue weighted by molar-refractivity contribution is -0.914. The van der Waals surface area contributed by atoms with E-state index in [4.69, 9.17) is 0 Å². The zero-order valence-corrected chi connectivity index (χ0v) is 16.3. The molecule has 144 valence electrons. The number of hydrogen-bond donors (Lipinski definition) is 2. The minimum absolute atomic E-state index is 0.0533. The number of amides is 1. The smallest absolute Gasteiger partial charge is 0.282 e. The number of nitrogens with zero attached hydrogens (tertiary/aromatic N) is 1. The van der Waals surface area contributed by atoms with Crippen molar-refractivity contribution in [3.05, 3.63) is 59.9 Å². The number of piperazine rings is 1. The van der Waals surface area contributed by atoms with Crippen LogP contribution >= 0.6 is 0 Å². The molecule has 0 unspecified atom stereocenters. The second kappa shape index (κ2) is 8.53. The van der Waals surface area contributed by atoms with Gasteiger partial charge in [0.2, 0.25) is 0 Å². The summed E-state index contributed by atoms with van der Waals surface area (Å²) in [5, 5.41) is 3.04. The Morgan fingerprint density at radius 2 is 1.59 bits per heavy atom. The fraction of sp³-hybridized carbons (Fsp3) is 0.409. The molecule has 5 heteroatoms. The second-order valence-corrected chi connectivity index (χ2v) is 7.61. The Labute approximate surface area is 161 Å². The second-order valence-electron chi connectivity index (χ2n) is 7.61. The summed E-state index contributed by atoms with van der Waals surface area (Å²) in [5.74, 6) is 0.322. The van der Waals surface area contributed by atoms with Gasteiger partial charge in [-0.1, -0.05) is 26.0 Å². The van der Waals surface area contributed by atoms with Gasteiger partial charge in [-0.15, -0.1) is 0 Å². The summed E-state index contributed by atoms with van der Waals surface area (Å²) in [6.45, 7) is 9.80. The number of hydrogen-bond acceptors (Lipinski definition) is 2. The number of carbonyl (C=O) groups excluding carboxylic acids is 1.